The van der Waals surface area contributed by atoms with E-state index in [1.54, 1.807) is 6.20 Å². The molecule has 4 rings (SSSR count). The first-order valence-corrected chi connectivity index (χ1v) is 11.1. The topological polar surface area (TPSA) is 58.1 Å². The minimum absolute atomic E-state index is 0.0474. The zero-order valence-electron chi connectivity index (χ0n) is 17.7. The molecule has 5 nitrogen and oxygen atoms in total. The van der Waals surface area contributed by atoms with Crippen LogP contribution >= 0.6 is 0 Å². The maximum atomic E-state index is 13.1. The van der Waals surface area contributed by atoms with Crippen molar-refractivity contribution in [2.75, 3.05) is 19.6 Å². The largest absolute Gasteiger partial charge is 0.352 e. The molecule has 1 saturated heterocycles. The number of nitrogens with zero attached hydrogens (tertiary/aromatic N) is 3. The highest BCUT2D eigenvalue weighted by Gasteiger charge is 2.17. The molecule has 30 heavy (non-hydrogen) atoms. The molecule has 156 valence electrons. The average molecular weight is 403 g/mol. The number of amides is 1. The molecule has 1 unspecified atom stereocenters. The quantitative estimate of drug-likeness (QED) is 0.650. The molecule has 1 amide bonds. The second-order valence-electron chi connectivity index (χ2n) is 8.13. The number of nitrogens with one attached hydrogen (secondary N) is 1. The van der Waals surface area contributed by atoms with Gasteiger partial charge in [0.15, 0.2) is 0 Å². The monoisotopic (exact) mass is 402 g/mol. The first-order valence-electron chi connectivity index (χ1n) is 11.1. The second kappa shape index (κ2) is 9.81. The van der Waals surface area contributed by atoms with Crippen LogP contribution in [0.3, 0.4) is 0 Å². The zero-order chi connectivity index (χ0) is 20.8. The van der Waals surface area contributed by atoms with Gasteiger partial charge in [0.25, 0.3) is 5.91 Å². The van der Waals surface area contributed by atoms with E-state index >= 15 is 0 Å². The van der Waals surface area contributed by atoms with Gasteiger partial charge in [0.1, 0.15) is 0 Å². The number of likely N-dealkylation sites (tertiary alicyclic amines) is 1. The van der Waals surface area contributed by atoms with Gasteiger partial charge in [0, 0.05) is 24.2 Å². The summed E-state index contributed by atoms with van der Waals surface area (Å²) in [5, 5.41) is 4.01. The highest BCUT2D eigenvalue weighted by Crippen LogP contribution is 2.23. The van der Waals surface area contributed by atoms with E-state index in [9.17, 15) is 4.79 Å². The molecule has 3 heterocycles. The smallest absolute Gasteiger partial charge is 0.252 e. The third-order valence-corrected chi connectivity index (χ3v) is 6.00. The lowest BCUT2D eigenvalue weighted by Gasteiger charge is -2.27. The van der Waals surface area contributed by atoms with Crippen LogP contribution in [0.5, 0.6) is 0 Å². The van der Waals surface area contributed by atoms with Crippen molar-refractivity contribution in [3.8, 4) is 11.4 Å². The average Bonchev–Trinajstić information content (AvgIpc) is 3.08. The van der Waals surface area contributed by atoms with E-state index in [1.165, 1.54) is 38.8 Å². The van der Waals surface area contributed by atoms with Crippen molar-refractivity contribution in [2.45, 2.75) is 45.1 Å². The van der Waals surface area contributed by atoms with Crippen LogP contribution < -0.4 is 5.32 Å². The predicted octanol–water partition coefficient (Wildman–Crippen LogP) is 4.68. The summed E-state index contributed by atoms with van der Waals surface area (Å²) in [5.74, 6) is -0.0474. The van der Waals surface area contributed by atoms with Crippen molar-refractivity contribution in [3.63, 3.8) is 0 Å². The van der Waals surface area contributed by atoms with Gasteiger partial charge in [-0.15, -0.1) is 0 Å². The van der Waals surface area contributed by atoms with Crippen molar-refractivity contribution in [3.05, 3.63) is 60.3 Å². The lowest BCUT2D eigenvalue weighted by molar-refractivity contribution is 0.0950. The van der Waals surface area contributed by atoms with Crippen LogP contribution in [-0.4, -0.2) is 46.5 Å². The molecule has 1 aliphatic rings. The number of carbonyl (C=O) groups excluding carboxylic acids is 1. The fraction of sp³-hybridized carbons (Fsp3) is 0.400. The Hall–Kier alpha value is -2.79. The second-order valence-corrected chi connectivity index (χ2v) is 8.13. The lowest BCUT2D eigenvalue weighted by atomic mass is 10.1. The van der Waals surface area contributed by atoms with E-state index in [2.05, 4.69) is 22.1 Å². The van der Waals surface area contributed by atoms with Crippen molar-refractivity contribution in [2.24, 2.45) is 0 Å². The molecule has 1 atom stereocenters. The van der Waals surface area contributed by atoms with E-state index in [1.807, 2.05) is 48.5 Å². The molecule has 3 aromatic rings. The third-order valence-electron chi connectivity index (χ3n) is 6.00. The molecule has 1 fully saturated rings. The summed E-state index contributed by atoms with van der Waals surface area (Å²) in [5.41, 5.74) is 2.96. The highest BCUT2D eigenvalue weighted by molar-refractivity contribution is 6.07. The Morgan fingerprint density at radius 1 is 1.03 bits per heavy atom. The van der Waals surface area contributed by atoms with Gasteiger partial charge in [0.05, 0.1) is 22.5 Å². The van der Waals surface area contributed by atoms with E-state index < -0.39 is 0 Å². The van der Waals surface area contributed by atoms with Crippen LogP contribution in [-0.2, 0) is 0 Å². The van der Waals surface area contributed by atoms with Crippen LogP contribution in [0.2, 0.25) is 0 Å². The minimum Gasteiger partial charge on any atom is -0.352 e. The molecule has 0 spiro atoms. The first kappa shape index (κ1) is 20.5. The van der Waals surface area contributed by atoms with Crippen molar-refractivity contribution in [1.82, 2.24) is 20.2 Å². The predicted molar refractivity (Wildman–Crippen MR) is 121 cm³/mol. The Morgan fingerprint density at radius 3 is 2.57 bits per heavy atom. The van der Waals surface area contributed by atoms with Crippen molar-refractivity contribution in [1.29, 1.82) is 0 Å². The number of para-hydroxylation sites is 1. The van der Waals surface area contributed by atoms with Gasteiger partial charge in [-0.25, -0.2) is 4.98 Å². The van der Waals surface area contributed by atoms with E-state index in [0.717, 1.165) is 28.7 Å². The first-order chi connectivity index (χ1) is 14.7. The van der Waals surface area contributed by atoms with Crippen molar-refractivity contribution >= 4 is 16.8 Å². The van der Waals surface area contributed by atoms with Gasteiger partial charge in [-0.3, -0.25) is 9.78 Å². The summed E-state index contributed by atoms with van der Waals surface area (Å²) >= 11 is 0. The molecule has 5 heteroatoms. The molecule has 0 saturated carbocycles. The summed E-state index contributed by atoms with van der Waals surface area (Å²) in [7, 11) is 0. The summed E-state index contributed by atoms with van der Waals surface area (Å²) < 4.78 is 0. The van der Waals surface area contributed by atoms with Gasteiger partial charge < -0.3 is 10.2 Å². The number of benzene rings is 1. The fourth-order valence-corrected chi connectivity index (χ4v) is 4.22. The van der Waals surface area contributed by atoms with E-state index in [0.29, 0.717) is 18.2 Å². The standard InChI is InChI=1S/C25H30N4O/c1-19(29-16-8-2-3-9-17-29)13-15-27-25(30)21-18-24(23-12-6-7-14-26-23)28-22-11-5-4-10-20(21)22/h4-7,10-12,14,18-19H,2-3,8-9,13,15-17H2,1H3,(H,27,30). The summed E-state index contributed by atoms with van der Waals surface area (Å²) in [6, 6.07) is 15.9. The van der Waals surface area contributed by atoms with Crippen molar-refractivity contribution < 1.29 is 4.79 Å². The number of aromatic nitrogens is 2. The molecule has 1 N–H and O–H groups in total. The molecule has 2 aromatic heterocycles. The fourth-order valence-electron chi connectivity index (χ4n) is 4.22. The van der Waals surface area contributed by atoms with Crippen LogP contribution in [0.4, 0.5) is 0 Å². The van der Waals surface area contributed by atoms with E-state index in [-0.39, 0.29) is 5.91 Å². The third kappa shape index (κ3) is 4.85. The van der Waals surface area contributed by atoms with Gasteiger partial charge in [0.2, 0.25) is 0 Å². The van der Waals surface area contributed by atoms with Gasteiger partial charge in [-0.2, -0.15) is 0 Å². The normalized spacial score (nSPS) is 16.2. The summed E-state index contributed by atoms with van der Waals surface area (Å²) in [6.45, 7) is 5.31. The Kier molecular flexibility index (Phi) is 6.70. The molecular formula is C25H30N4O. The number of hydrogen-bond acceptors (Lipinski definition) is 4. The van der Waals surface area contributed by atoms with Gasteiger partial charge in [-0.05, 0) is 63.5 Å². The minimum atomic E-state index is -0.0474. The number of fused-ring (bicyclic) bond motifs is 1. The van der Waals surface area contributed by atoms with Gasteiger partial charge in [-0.1, -0.05) is 37.1 Å². The number of hydrogen-bond donors (Lipinski definition) is 1. The van der Waals surface area contributed by atoms with Crippen LogP contribution in [0.1, 0.15) is 49.4 Å². The molecular weight excluding hydrogens is 372 g/mol. The Morgan fingerprint density at radius 2 is 1.80 bits per heavy atom. The molecule has 0 aliphatic carbocycles. The zero-order valence-corrected chi connectivity index (χ0v) is 17.7. The van der Waals surface area contributed by atoms with Crippen LogP contribution in [0, 0.1) is 0 Å². The molecule has 1 aromatic carbocycles. The summed E-state index contributed by atoms with van der Waals surface area (Å²) in [4.78, 5) is 24.8. The van der Waals surface area contributed by atoms with Gasteiger partial charge >= 0.3 is 0 Å². The molecule has 1 aliphatic heterocycles. The Labute approximate surface area is 178 Å². The Balaban J connectivity index is 1.48. The van der Waals surface area contributed by atoms with Crippen LogP contribution in [0.15, 0.2) is 54.7 Å². The lowest BCUT2D eigenvalue weighted by Crippen LogP contribution is -2.37. The summed E-state index contributed by atoms with van der Waals surface area (Å²) in [6.07, 6.45) is 7.96. The van der Waals surface area contributed by atoms with Crippen LogP contribution in [0.25, 0.3) is 22.3 Å². The number of rotatable bonds is 6. The number of carbonyl (C=O) groups is 1. The SMILES string of the molecule is CC(CCNC(=O)c1cc(-c2ccccn2)nc2ccccc12)N1CCCCCC1. The molecule has 0 radical (unpaired) electrons. The molecule has 0 bridgehead atoms. The highest BCUT2D eigenvalue weighted by atomic mass is 16.1. The maximum Gasteiger partial charge on any atom is 0.252 e. The number of pyridine rings is 2. The van der Waals surface area contributed by atoms with E-state index in [4.69, 9.17) is 4.98 Å². The maximum absolute atomic E-state index is 13.1. The Bertz CT molecular complexity index is 981.